The standard InChI is InChI=1S/C12H13NO.Na/c1-13-9-14-12-8-4-6-10-5-2-3-7-11(10)12;/h2-8,13H,9H2,1H3;/q;+1. The van der Waals surface area contributed by atoms with E-state index in [-0.39, 0.29) is 29.6 Å². The van der Waals surface area contributed by atoms with Gasteiger partial charge in [0.15, 0.2) is 0 Å². The molecule has 72 valence electrons. The molecule has 0 fully saturated rings. The van der Waals surface area contributed by atoms with Crippen molar-refractivity contribution in [3.8, 4) is 5.75 Å². The van der Waals surface area contributed by atoms with Crippen LogP contribution in [-0.2, 0) is 0 Å². The van der Waals surface area contributed by atoms with Crippen LogP contribution in [0.4, 0.5) is 0 Å². The zero-order valence-electron chi connectivity index (χ0n) is 9.16. The molecule has 0 radical (unpaired) electrons. The number of rotatable bonds is 3. The molecule has 0 unspecified atom stereocenters. The van der Waals surface area contributed by atoms with Crippen molar-refractivity contribution < 1.29 is 34.3 Å². The Balaban J connectivity index is 0.00000112. The Kier molecular flexibility index (Phi) is 5.12. The Morgan fingerprint density at radius 3 is 2.60 bits per heavy atom. The average molecular weight is 210 g/mol. The first-order valence-corrected chi connectivity index (χ1v) is 4.67. The largest absolute Gasteiger partial charge is 1.00 e. The van der Waals surface area contributed by atoms with Crippen LogP contribution in [0.1, 0.15) is 0 Å². The van der Waals surface area contributed by atoms with Gasteiger partial charge in [0.25, 0.3) is 0 Å². The summed E-state index contributed by atoms with van der Waals surface area (Å²) in [6.45, 7) is 0.536. The summed E-state index contributed by atoms with van der Waals surface area (Å²) in [5, 5.41) is 5.33. The van der Waals surface area contributed by atoms with E-state index in [4.69, 9.17) is 4.74 Å². The Labute approximate surface area is 112 Å². The summed E-state index contributed by atoms with van der Waals surface area (Å²) in [5.74, 6) is 0.928. The monoisotopic (exact) mass is 210 g/mol. The first kappa shape index (κ1) is 12.5. The van der Waals surface area contributed by atoms with Gasteiger partial charge in [0.1, 0.15) is 12.5 Å². The Morgan fingerprint density at radius 1 is 1.07 bits per heavy atom. The van der Waals surface area contributed by atoms with Gasteiger partial charge >= 0.3 is 29.6 Å². The summed E-state index contributed by atoms with van der Waals surface area (Å²) >= 11 is 0. The molecule has 0 spiro atoms. The molecule has 2 aromatic carbocycles. The maximum absolute atomic E-state index is 5.56. The van der Waals surface area contributed by atoms with Gasteiger partial charge in [-0.2, -0.15) is 0 Å². The number of benzene rings is 2. The third-order valence-electron chi connectivity index (χ3n) is 2.12. The molecule has 15 heavy (non-hydrogen) atoms. The molecule has 1 N–H and O–H groups in total. The van der Waals surface area contributed by atoms with Gasteiger partial charge in [-0.1, -0.05) is 36.4 Å². The van der Waals surface area contributed by atoms with Crippen molar-refractivity contribution in [1.29, 1.82) is 0 Å². The number of ether oxygens (including phenoxy) is 1. The van der Waals surface area contributed by atoms with E-state index in [1.54, 1.807) is 0 Å². The van der Waals surface area contributed by atoms with Crippen LogP contribution in [0, 0.1) is 0 Å². The molecule has 0 heterocycles. The van der Waals surface area contributed by atoms with Crippen LogP contribution >= 0.6 is 0 Å². The smallest absolute Gasteiger partial charge is 0.478 e. The molecule has 3 heteroatoms. The van der Waals surface area contributed by atoms with E-state index in [9.17, 15) is 0 Å². The van der Waals surface area contributed by atoms with Crippen molar-refractivity contribution >= 4 is 10.8 Å². The zero-order chi connectivity index (χ0) is 9.80. The summed E-state index contributed by atoms with van der Waals surface area (Å²) < 4.78 is 5.56. The number of nitrogens with one attached hydrogen (secondary N) is 1. The van der Waals surface area contributed by atoms with E-state index in [1.165, 1.54) is 5.39 Å². The predicted molar refractivity (Wildman–Crippen MR) is 58.5 cm³/mol. The van der Waals surface area contributed by atoms with Crippen molar-refractivity contribution in [3.63, 3.8) is 0 Å². The van der Waals surface area contributed by atoms with Crippen molar-refractivity contribution in [1.82, 2.24) is 5.32 Å². The molecule has 0 aliphatic carbocycles. The molecule has 0 saturated heterocycles. The quantitative estimate of drug-likeness (QED) is 0.539. The Morgan fingerprint density at radius 2 is 1.80 bits per heavy atom. The molecule has 0 aliphatic rings. The molecule has 0 aromatic heterocycles. The van der Waals surface area contributed by atoms with Gasteiger partial charge < -0.3 is 4.74 Å². The zero-order valence-corrected chi connectivity index (χ0v) is 11.2. The minimum Gasteiger partial charge on any atom is -0.478 e. The van der Waals surface area contributed by atoms with Gasteiger partial charge in [-0.05, 0) is 18.5 Å². The van der Waals surface area contributed by atoms with Gasteiger partial charge in [0, 0.05) is 5.39 Å². The molecule has 0 saturated carbocycles. The van der Waals surface area contributed by atoms with Crippen molar-refractivity contribution in [2.45, 2.75) is 0 Å². The topological polar surface area (TPSA) is 21.3 Å². The van der Waals surface area contributed by atoms with Crippen molar-refractivity contribution in [3.05, 3.63) is 42.5 Å². The van der Waals surface area contributed by atoms with Crippen LogP contribution in [0.25, 0.3) is 10.8 Å². The van der Waals surface area contributed by atoms with Crippen molar-refractivity contribution in [2.75, 3.05) is 13.8 Å². The van der Waals surface area contributed by atoms with E-state index in [2.05, 4.69) is 23.5 Å². The molecule has 2 aromatic rings. The first-order chi connectivity index (χ1) is 6.92. The molecule has 2 nitrogen and oxygen atoms in total. The first-order valence-electron chi connectivity index (χ1n) is 4.67. The molecular weight excluding hydrogens is 197 g/mol. The third-order valence-corrected chi connectivity index (χ3v) is 2.12. The summed E-state index contributed by atoms with van der Waals surface area (Å²) in [6.07, 6.45) is 0. The molecule has 0 atom stereocenters. The van der Waals surface area contributed by atoms with E-state index >= 15 is 0 Å². The molecule has 2 rings (SSSR count). The number of hydrogen-bond acceptors (Lipinski definition) is 2. The van der Waals surface area contributed by atoms with Crippen LogP contribution in [0.2, 0.25) is 0 Å². The Hall–Kier alpha value is -0.540. The van der Waals surface area contributed by atoms with E-state index in [0.717, 1.165) is 11.1 Å². The van der Waals surface area contributed by atoms with E-state index < -0.39 is 0 Å². The second-order valence-electron chi connectivity index (χ2n) is 3.12. The van der Waals surface area contributed by atoms with Gasteiger partial charge in [-0.15, -0.1) is 0 Å². The number of hydrogen-bond donors (Lipinski definition) is 1. The summed E-state index contributed by atoms with van der Waals surface area (Å²) in [4.78, 5) is 0. The summed E-state index contributed by atoms with van der Waals surface area (Å²) in [5.41, 5.74) is 0. The van der Waals surface area contributed by atoms with Gasteiger partial charge in [-0.25, -0.2) is 0 Å². The fraction of sp³-hybridized carbons (Fsp3) is 0.167. The van der Waals surface area contributed by atoms with Crippen molar-refractivity contribution in [2.24, 2.45) is 0 Å². The van der Waals surface area contributed by atoms with E-state index in [0.29, 0.717) is 6.73 Å². The fourth-order valence-electron chi connectivity index (χ4n) is 1.47. The van der Waals surface area contributed by atoms with Crippen LogP contribution in [-0.4, -0.2) is 13.8 Å². The van der Waals surface area contributed by atoms with Gasteiger partial charge in [0.05, 0.1) is 0 Å². The summed E-state index contributed by atoms with van der Waals surface area (Å²) in [6, 6.07) is 14.3. The van der Waals surface area contributed by atoms with Gasteiger partial charge in [-0.3, -0.25) is 5.32 Å². The second kappa shape index (κ2) is 6.13. The summed E-state index contributed by atoms with van der Waals surface area (Å²) in [7, 11) is 1.87. The van der Waals surface area contributed by atoms with Crippen LogP contribution in [0.3, 0.4) is 0 Å². The SMILES string of the molecule is CNCOc1cccc2ccccc12.[Na+]. The molecular formula is C12H13NNaO+. The molecule has 0 amide bonds. The van der Waals surface area contributed by atoms with E-state index in [1.807, 2.05) is 31.3 Å². The maximum atomic E-state index is 5.56. The average Bonchev–Trinajstić information content (AvgIpc) is 2.26. The number of fused-ring (bicyclic) bond motifs is 1. The fourth-order valence-corrected chi connectivity index (χ4v) is 1.47. The maximum Gasteiger partial charge on any atom is 1.00 e. The normalized spacial score (nSPS) is 9.67. The predicted octanol–water partition coefficient (Wildman–Crippen LogP) is -0.600. The van der Waals surface area contributed by atoms with Crippen LogP contribution in [0.5, 0.6) is 5.75 Å². The minimum atomic E-state index is 0. The van der Waals surface area contributed by atoms with Crippen LogP contribution < -0.4 is 39.6 Å². The second-order valence-corrected chi connectivity index (χ2v) is 3.12. The minimum absolute atomic E-state index is 0. The van der Waals surface area contributed by atoms with Crippen LogP contribution in [0.15, 0.2) is 42.5 Å². The molecule has 0 aliphatic heterocycles. The third kappa shape index (κ3) is 2.95. The molecule has 0 bridgehead atoms. The Bertz CT molecular complexity index is 425. The van der Waals surface area contributed by atoms with Gasteiger partial charge in [0.2, 0.25) is 0 Å².